The Labute approximate surface area is 179 Å². The highest BCUT2D eigenvalue weighted by Crippen LogP contribution is 2.36. The lowest BCUT2D eigenvalue weighted by Gasteiger charge is -2.19. The number of likely N-dealkylation sites (tertiary alicyclic amines) is 1. The zero-order chi connectivity index (χ0) is 21.8. The zero-order valence-electron chi connectivity index (χ0n) is 17.3. The smallest absolute Gasteiger partial charge is 0.326 e. The van der Waals surface area contributed by atoms with Gasteiger partial charge in [-0.15, -0.1) is 0 Å². The lowest BCUT2D eigenvalue weighted by Crippen LogP contribution is -2.36. The number of methoxy groups -OCH3 is 1. The van der Waals surface area contributed by atoms with Gasteiger partial charge in [0.2, 0.25) is 5.91 Å². The first kappa shape index (κ1) is 20.7. The summed E-state index contributed by atoms with van der Waals surface area (Å²) in [5.41, 5.74) is 1.76. The van der Waals surface area contributed by atoms with Crippen LogP contribution < -0.4 is 10.1 Å². The van der Waals surface area contributed by atoms with Gasteiger partial charge < -0.3 is 24.1 Å². The van der Waals surface area contributed by atoms with Crippen molar-refractivity contribution in [2.24, 2.45) is 0 Å². The Balaban J connectivity index is 1.40. The molecule has 0 aliphatic carbocycles. The molecule has 0 unspecified atom stereocenters. The van der Waals surface area contributed by atoms with E-state index >= 15 is 0 Å². The number of amides is 2. The van der Waals surface area contributed by atoms with Gasteiger partial charge in [0, 0.05) is 29.8 Å². The number of benzene rings is 2. The number of fused-ring (bicyclic) bond motifs is 3. The van der Waals surface area contributed by atoms with E-state index in [9.17, 15) is 14.4 Å². The lowest BCUT2D eigenvalue weighted by molar-refractivity contribution is -0.151. The van der Waals surface area contributed by atoms with Crippen LogP contribution in [0.3, 0.4) is 0 Å². The van der Waals surface area contributed by atoms with E-state index in [1.807, 2.05) is 24.3 Å². The first-order chi connectivity index (χ1) is 15.0. The first-order valence-electron chi connectivity index (χ1n) is 10.3. The third kappa shape index (κ3) is 4.63. The molecule has 1 aliphatic heterocycles. The van der Waals surface area contributed by atoms with Crippen molar-refractivity contribution in [2.75, 3.05) is 32.1 Å². The second kappa shape index (κ2) is 9.07. The Morgan fingerprint density at radius 3 is 2.77 bits per heavy atom. The second-order valence-electron chi connectivity index (χ2n) is 7.48. The molecular formula is C23H24N2O6. The highest BCUT2D eigenvalue weighted by atomic mass is 16.5. The largest absolute Gasteiger partial charge is 0.495 e. The van der Waals surface area contributed by atoms with E-state index in [1.54, 1.807) is 12.1 Å². The Bertz CT molecular complexity index is 1140. The van der Waals surface area contributed by atoms with Gasteiger partial charge in [-0.2, -0.15) is 0 Å². The molecule has 0 bridgehead atoms. The van der Waals surface area contributed by atoms with Crippen molar-refractivity contribution >= 4 is 45.4 Å². The van der Waals surface area contributed by atoms with Gasteiger partial charge in [0.15, 0.2) is 6.61 Å². The van der Waals surface area contributed by atoms with Crippen LogP contribution in [0.15, 0.2) is 40.8 Å². The number of ether oxygens (including phenoxy) is 2. The number of para-hydroxylation sites is 1. The molecule has 1 aromatic heterocycles. The summed E-state index contributed by atoms with van der Waals surface area (Å²) in [4.78, 5) is 37.9. The fourth-order valence-electron chi connectivity index (χ4n) is 3.76. The molecule has 2 heterocycles. The Kier molecular flexibility index (Phi) is 6.06. The summed E-state index contributed by atoms with van der Waals surface area (Å²) in [6.45, 7) is -0.0581. The van der Waals surface area contributed by atoms with Crippen LogP contribution in [-0.2, 0) is 19.1 Å². The molecule has 31 heavy (non-hydrogen) atoms. The van der Waals surface area contributed by atoms with Gasteiger partial charge >= 0.3 is 5.97 Å². The third-order valence-electron chi connectivity index (χ3n) is 5.33. The van der Waals surface area contributed by atoms with Gasteiger partial charge in [0.1, 0.15) is 23.5 Å². The number of anilines is 1. The zero-order valence-corrected chi connectivity index (χ0v) is 17.3. The summed E-state index contributed by atoms with van der Waals surface area (Å²) in [5.74, 6) is -0.703. The van der Waals surface area contributed by atoms with Crippen molar-refractivity contribution in [3.05, 3.63) is 36.4 Å². The molecule has 1 aliphatic rings. The quantitative estimate of drug-likeness (QED) is 0.609. The van der Waals surface area contributed by atoms with Crippen molar-refractivity contribution in [1.82, 2.24) is 4.90 Å². The van der Waals surface area contributed by atoms with Crippen molar-refractivity contribution in [2.45, 2.75) is 25.7 Å². The fourth-order valence-corrected chi connectivity index (χ4v) is 3.76. The summed E-state index contributed by atoms with van der Waals surface area (Å²) in [5, 5.41) is 4.52. The van der Waals surface area contributed by atoms with Crippen molar-refractivity contribution in [3.8, 4) is 5.75 Å². The minimum Gasteiger partial charge on any atom is -0.495 e. The molecule has 8 heteroatoms. The minimum atomic E-state index is -0.606. The monoisotopic (exact) mass is 424 g/mol. The van der Waals surface area contributed by atoms with Gasteiger partial charge in [-0.1, -0.05) is 24.6 Å². The fraction of sp³-hybridized carbons (Fsp3) is 0.348. The molecule has 0 spiro atoms. The summed E-state index contributed by atoms with van der Waals surface area (Å²) in [7, 11) is 1.51. The van der Waals surface area contributed by atoms with E-state index in [0.29, 0.717) is 30.0 Å². The minimum absolute atomic E-state index is 0.0530. The van der Waals surface area contributed by atoms with Gasteiger partial charge in [0.05, 0.1) is 12.8 Å². The van der Waals surface area contributed by atoms with E-state index in [2.05, 4.69) is 5.32 Å². The number of hydrogen-bond acceptors (Lipinski definition) is 6. The van der Waals surface area contributed by atoms with Crippen LogP contribution in [0, 0.1) is 0 Å². The van der Waals surface area contributed by atoms with Gasteiger partial charge in [-0.05, 0) is 25.0 Å². The van der Waals surface area contributed by atoms with Crippen LogP contribution in [0.1, 0.15) is 25.7 Å². The van der Waals surface area contributed by atoms with E-state index < -0.39 is 18.5 Å². The molecular weight excluding hydrogens is 400 g/mol. The molecule has 162 valence electrons. The normalized spacial score (nSPS) is 14.5. The average molecular weight is 424 g/mol. The molecule has 1 fully saturated rings. The molecule has 4 rings (SSSR count). The Hall–Kier alpha value is -3.55. The number of nitrogens with one attached hydrogen (secondary N) is 1. The molecule has 1 saturated heterocycles. The summed E-state index contributed by atoms with van der Waals surface area (Å²) in [6, 6.07) is 11.1. The molecule has 8 nitrogen and oxygen atoms in total. The number of carbonyl (C=O) groups excluding carboxylic acids is 3. The second-order valence-corrected chi connectivity index (χ2v) is 7.48. The maximum Gasteiger partial charge on any atom is 0.326 e. The third-order valence-corrected chi connectivity index (χ3v) is 5.33. The van der Waals surface area contributed by atoms with Crippen molar-refractivity contribution < 1.29 is 28.3 Å². The topological polar surface area (TPSA) is 98.1 Å². The molecule has 0 saturated carbocycles. The number of rotatable bonds is 6. The number of furan rings is 1. The predicted molar refractivity (Wildman–Crippen MR) is 115 cm³/mol. The van der Waals surface area contributed by atoms with Crippen molar-refractivity contribution in [1.29, 1.82) is 0 Å². The van der Waals surface area contributed by atoms with E-state index in [-0.39, 0.29) is 12.5 Å². The predicted octanol–water partition coefficient (Wildman–Crippen LogP) is 3.48. The molecule has 0 atom stereocenters. The first-order valence-corrected chi connectivity index (χ1v) is 10.3. The lowest BCUT2D eigenvalue weighted by atomic mass is 10.1. The Morgan fingerprint density at radius 2 is 1.94 bits per heavy atom. The number of hydrogen-bond donors (Lipinski definition) is 1. The highest BCUT2D eigenvalue weighted by molar-refractivity contribution is 6.07. The Morgan fingerprint density at radius 1 is 1.10 bits per heavy atom. The molecule has 1 N–H and O–H groups in total. The number of carbonyl (C=O) groups is 3. The van der Waals surface area contributed by atoms with Crippen LogP contribution in [0.4, 0.5) is 5.69 Å². The summed E-state index contributed by atoms with van der Waals surface area (Å²) >= 11 is 0. The van der Waals surface area contributed by atoms with E-state index in [0.717, 1.165) is 35.6 Å². The number of nitrogens with zero attached hydrogens (tertiary/aromatic N) is 1. The standard InChI is InChI=1S/C23H24N2O6/c1-29-20-11-16-15-7-4-5-8-18(15)31-19(16)12-17(20)24-21(26)14-30-23(28)13-25-10-6-2-3-9-22(25)27/h4-5,7-8,11-12H,2-3,6,9-10,13-14H2,1H3,(H,24,26). The van der Waals surface area contributed by atoms with Crippen molar-refractivity contribution in [3.63, 3.8) is 0 Å². The van der Waals surface area contributed by atoms with Gasteiger partial charge in [-0.25, -0.2) is 0 Å². The molecule has 2 amide bonds. The van der Waals surface area contributed by atoms with Crippen LogP contribution in [0.2, 0.25) is 0 Å². The van der Waals surface area contributed by atoms with Gasteiger partial charge in [-0.3, -0.25) is 14.4 Å². The molecule has 2 aromatic carbocycles. The van der Waals surface area contributed by atoms with E-state index in [1.165, 1.54) is 12.0 Å². The SMILES string of the molecule is COc1cc2c(cc1NC(=O)COC(=O)CN1CCCCCC1=O)oc1ccccc12. The van der Waals surface area contributed by atoms with Crippen LogP contribution in [-0.4, -0.2) is 49.5 Å². The van der Waals surface area contributed by atoms with Crippen LogP contribution in [0.5, 0.6) is 5.75 Å². The molecule has 0 radical (unpaired) electrons. The van der Waals surface area contributed by atoms with Crippen LogP contribution in [0.25, 0.3) is 21.9 Å². The van der Waals surface area contributed by atoms with E-state index in [4.69, 9.17) is 13.9 Å². The average Bonchev–Trinajstić information content (AvgIpc) is 3.00. The number of esters is 1. The maximum absolute atomic E-state index is 12.3. The maximum atomic E-state index is 12.3. The highest BCUT2D eigenvalue weighted by Gasteiger charge is 2.21. The molecule has 3 aromatic rings. The summed E-state index contributed by atoms with van der Waals surface area (Å²) in [6.07, 6.45) is 3.11. The summed E-state index contributed by atoms with van der Waals surface area (Å²) < 4.78 is 16.3. The van der Waals surface area contributed by atoms with Gasteiger partial charge in [0.25, 0.3) is 5.91 Å². The van der Waals surface area contributed by atoms with Crippen LogP contribution >= 0.6 is 0 Å².